The number of nitrogens with one attached hydrogen (secondary N) is 1. The smallest absolute Gasteiger partial charge is 0.124 e. The third-order valence-electron chi connectivity index (χ3n) is 5.26. The Balaban J connectivity index is 1.39. The number of para-hydroxylation sites is 3. The maximum Gasteiger partial charge on any atom is 0.124 e. The van der Waals surface area contributed by atoms with Crippen molar-refractivity contribution in [2.24, 2.45) is 0 Å². The SMILES string of the molecule is c1ccc(-n2cc(CN3CCCC[C@H]3c3nc4ccccc4[nH]3)nn2)cc1. The third-order valence-corrected chi connectivity index (χ3v) is 5.26. The maximum atomic E-state index is 4.84. The number of nitrogens with zero attached hydrogens (tertiary/aromatic N) is 5. The number of H-pyrrole nitrogens is 1. The summed E-state index contributed by atoms with van der Waals surface area (Å²) < 4.78 is 1.84. The van der Waals surface area contributed by atoms with Crippen molar-refractivity contribution in [2.45, 2.75) is 31.8 Å². The third kappa shape index (κ3) is 3.24. The lowest BCUT2D eigenvalue weighted by Gasteiger charge is -2.33. The number of aromatic amines is 1. The van der Waals surface area contributed by atoms with Gasteiger partial charge in [-0.3, -0.25) is 4.90 Å². The van der Waals surface area contributed by atoms with Gasteiger partial charge in [-0.05, 0) is 43.7 Å². The predicted molar refractivity (Wildman–Crippen MR) is 104 cm³/mol. The molecule has 136 valence electrons. The lowest BCUT2D eigenvalue weighted by Crippen LogP contribution is -2.33. The summed E-state index contributed by atoms with van der Waals surface area (Å²) in [6.45, 7) is 1.84. The molecule has 0 saturated carbocycles. The van der Waals surface area contributed by atoms with E-state index in [9.17, 15) is 0 Å². The van der Waals surface area contributed by atoms with Crippen LogP contribution in [0.1, 0.15) is 36.8 Å². The van der Waals surface area contributed by atoms with Gasteiger partial charge in [-0.1, -0.05) is 42.0 Å². The molecule has 4 aromatic rings. The highest BCUT2D eigenvalue weighted by Gasteiger charge is 2.27. The fourth-order valence-corrected chi connectivity index (χ4v) is 3.91. The first-order chi connectivity index (χ1) is 13.4. The largest absolute Gasteiger partial charge is 0.341 e. The molecule has 0 aliphatic carbocycles. The standard InChI is InChI=1S/C21H22N6/c1-2-8-17(9-3-1)27-15-16(24-25-27)14-26-13-7-6-12-20(26)21-22-18-10-4-5-11-19(18)23-21/h1-5,8-11,15,20H,6-7,12-14H2,(H,22,23)/t20-/m0/s1. The molecule has 5 rings (SSSR count). The molecule has 2 aromatic heterocycles. The molecule has 1 aliphatic heterocycles. The molecule has 27 heavy (non-hydrogen) atoms. The van der Waals surface area contributed by atoms with Crippen LogP contribution in [0.3, 0.4) is 0 Å². The molecule has 3 heterocycles. The molecular weight excluding hydrogens is 336 g/mol. The zero-order chi connectivity index (χ0) is 18.1. The number of hydrogen-bond donors (Lipinski definition) is 1. The van der Waals surface area contributed by atoms with Crippen LogP contribution < -0.4 is 0 Å². The molecule has 6 heteroatoms. The number of aromatic nitrogens is 5. The zero-order valence-corrected chi connectivity index (χ0v) is 15.1. The van der Waals surface area contributed by atoms with Gasteiger partial charge in [0.2, 0.25) is 0 Å². The van der Waals surface area contributed by atoms with Crippen molar-refractivity contribution in [2.75, 3.05) is 6.54 Å². The summed E-state index contributed by atoms with van der Waals surface area (Å²) in [5.74, 6) is 1.06. The highest BCUT2D eigenvalue weighted by Crippen LogP contribution is 2.31. The van der Waals surface area contributed by atoms with Crippen LogP contribution >= 0.6 is 0 Å². The second kappa shape index (κ2) is 6.96. The predicted octanol–water partition coefficient (Wildman–Crippen LogP) is 3.87. The minimum absolute atomic E-state index is 0.299. The number of fused-ring (bicyclic) bond motifs is 1. The van der Waals surface area contributed by atoms with E-state index in [-0.39, 0.29) is 0 Å². The van der Waals surface area contributed by atoms with E-state index in [1.165, 1.54) is 12.8 Å². The van der Waals surface area contributed by atoms with Crippen LogP contribution in [-0.4, -0.2) is 36.4 Å². The molecule has 2 aromatic carbocycles. The number of benzene rings is 2. The van der Waals surface area contributed by atoms with Crippen molar-refractivity contribution in [3.63, 3.8) is 0 Å². The molecule has 6 nitrogen and oxygen atoms in total. The van der Waals surface area contributed by atoms with Crippen LogP contribution in [0.5, 0.6) is 0 Å². The fourth-order valence-electron chi connectivity index (χ4n) is 3.91. The molecule has 0 radical (unpaired) electrons. The summed E-state index contributed by atoms with van der Waals surface area (Å²) in [6, 6.07) is 18.6. The number of likely N-dealkylation sites (tertiary alicyclic amines) is 1. The van der Waals surface area contributed by atoms with Gasteiger partial charge in [-0.2, -0.15) is 0 Å². The minimum atomic E-state index is 0.299. The topological polar surface area (TPSA) is 62.6 Å². The second-order valence-electron chi connectivity index (χ2n) is 7.11. The van der Waals surface area contributed by atoms with E-state index in [4.69, 9.17) is 4.98 Å². The van der Waals surface area contributed by atoms with Gasteiger partial charge in [0.05, 0.1) is 34.7 Å². The van der Waals surface area contributed by atoms with Crippen molar-refractivity contribution in [3.8, 4) is 5.69 Å². The van der Waals surface area contributed by atoms with E-state index in [0.29, 0.717) is 6.04 Å². The Hall–Kier alpha value is -2.99. The van der Waals surface area contributed by atoms with Gasteiger partial charge in [-0.25, -0.2) is 9.67 Å². The molecule has 1 saturated heterocycles. The molecule has 1 aliphatic rings. The van der Waals surface area contributed by atoms with Crippen LogP contribution in [0.2, 0.25) is 0 Å². The van der Waals surface area contributed by atoms with Crippen LogP contribution in [-0.2, 0) is 6.54 Å². The fraction of sp³-hybridized carbons (Fsp3) is 0.286. The maximum absolute atomic E-state index is 4.84. The summed E-state index contributed by atoms with van der Waals surface area (Å²) in [7, 11) is 0. The Bertz CT molecular complexity index is 1000. The monoisotopic (exact) mass is 358 g/mol. The molecule has 1 atom stereocenters. The Morgan fingerprint density at radius 3 is 2.74 bits per heavy atom. The van der Waals surface area contributed by atoms with E-state index in [1.54, 1.807) is 0 Å². The quantitative estimate of drug-likeness (QED) is 0.601. The average Bonchev–Trinajstić information content (AvgIpc) is 3.36. The van der Waals surface area contributed by atoms with E-state index in [2.05, 4.69) is 32.3 Å². The number of piperidine rings is 1. The van der Waals surface area contributed by atoms with Crippen LogP contribution in [0.15, 0.2) is 60.8 Å². The summed E-state index contributed by atoms with van der Waals surface area (Å²) >= 11 is 0. The second-order valence-corrected chi connectivity index (χ2v) is 7.11. The van der Waals surface area contributed by atoms with E-state index >= 15 is 0 Å². The first-order valence-corrected chi connectivity index (χ1v) is 9.52. The average molecular weight is 358 g/mol. The number of rotatable bonds is 4. The first kappa shape index (κ1) is 16.2. The van der Waals surface area contributed by atoms with E-state index in [1.807, 2.05) is 53.3 Å². The van der Waals surface area contributed by atoms with Crippen molar-refractivity contribution < 1.29 is 0 Å². The van der Waals surface area contributed by atoms with E-state index in [0.717, 1.165) is 47.7 Å². The van der Waals surface area contributed by atoms with Gasteiger partial charge in [0.1, 0.15) is 5.82 Å². The van der Waals surface area contributed by atoms with Crippen LogP contribution in [0.4, 0.5) is 0 Å². The zero-order valence-electron chi connectivity index (χ0n) is 15.1. The number of imidazole rings is 1. The van der Waals surface area contributed by atoms with Crippen molar-refractivity contribution in [1.29, 1.82) is 0 Å². The van der Waals surface area contributed by atoms with Crippen molar-refractivity contribution >= 4 is 11.0 Å². The normalized spacial score (nSPS) is 18.1. The molecule has 1 N–H and O–H groups in total. The molecule has 1 fully saturated rings. The first-order valence-electron chi connectivity index (χ1n) is 9.52. The van der Waals surface area contributed by atoms with E-state index < -0.39 is 0 Å². The Kier molecular flexibility index (Phi) is 4.18. The van der Waals surface area contributed by atoms with Crippen LogP contribution in [0.25, 0.3) is 16.7 Å². The Morgan fingerprint density at radius 2 is 1.85 bits per heavy atom. The molecule has 0 amide bonds. The van der Waals surface area contributed by atoms with Crippen molar-refractivity contribution in [3.05, 3.63) is 72.3 Å². The Morgan fingerprint density at radius 1 is 1.00 bits per heavy atom. The molecular formula is C21H22N6. The summed E-state index contributed by atoms with van der Waals surface area (Å²) in [4.78, 5) is 10.8. The van der Waals surface area contributed by atoms with Gasteiger partial charge in [0, 0.05) is 6.54 Å². The molecule has 0 spiro atoms. The lowest BCUT2D eigenvalue weighted by atomic mass is 10.0. The summed E-state index contributed by atoms with van der Waals surface area (Å²) in [5.41, 5.74) is 4.16. The van der Waals surface area contributed by atoms with Gasteiger partial charge in [0.15, 0.2) is 0 Å². The van der Waals surface area contributed by atoms with Crippen LogP contribution in [0, 0.1) is 0 Å². The molecule has 0 unspecified atom stereocenters. The summed E-state index contributed by atoms with van der Waals surface area (Å²) in [5, 5.41) is 8.70. The lowest BCUT2D eigenvalue weighted by molar-refractivity contribution is 0.133. The van der Waals surface area contributed by atoms with Gasteiger partial charge >= 0.3 is 0 Å². The highest BCUT2D eigenvalue weighted by molar-refractivity contribution is 5.74. The minimum Gasteiger partial charge on any atom is -0.341 e. The van der Waals surface area contributed by atoms with Gasteiger partial charge < -0.3 is 4.98 Å². The van der Waals surface area contributed by atoms with Crippen molar-refractivity contribution in [1.82, 2.24) is 29.9 Å². The van der Waals surface area contributed by atoms with Gasteiger partial charge in [0.25, 0.3) is 0 Å². The summed E-state index contributed by atoms with van der Waals surface area (Å²) in [6.07, 6.45) is 5.59. The highest BCUT2D eigenvalue weighted by atomic mass is 15.4. The molecule has 0 bridgehead atoms. The van der Waals surface area contributed by atoms with Gasteiger partial charge in [-0.15, -0.1) is 5.10 Å². The Labute approximate surface area is 157 Å². The number of hydrogen-bond acceptors (Lipinski definition) is 4.